The molecule has 580 valence electrons. The molecule has 20 unspecified atom stereocenters. The molecule has 102 heavy (non-hydrogen) atoms. The van der Waals surface area contributed by atoms with Gasteiger partial charge in [-0.15, -0.1) is 11.8 Å². The zero-order valence-corrected chi connectivity index (χ0v) is 67.1. The highest BCUT2D eigenvalue weighted by atomic mass is 32.2. The number of aliphatic hydroxyl groups excluding tert-OH is 1. The van der Waals surface area contributed by atoms with Crippen molar-refractivity contribution in [2.24, 2.45) is 41.4 Å². The Balaban J connectivity index is 0.000000181. The molecule has 14 aliphatic rings. The number of hydrogen-bond donors (Lipinski definition) is 2. The second-order valence-corrected chi connectivity index (χ2v) is 33.7. The van der Waals surface area contributed by atoms with E-state index in [2.05, 4.69) is 94.4 Å². The molecule has 9 aliphatic heterocycles. The maximum atomic E-state index is 11.5. The quantitative estimate of drug-likeness (QED) is 0.206. The van der Waals surface area contributed by atoms with Crippen molar-refractivity contribution in [1.82, 2.24) is 49.8 Å². The number of carbonyl (C=O) groups is 9. The van der Waals surface area contributed by atoms with E-state index in [1.165, 1.54) is 103 Å². The molecule has 0 aromatic carbocycles. The van der Waals surface area contributed by atoms with Crippen molar-refractivity contribution >= 4 is 63.8 Å². The third-order valence-corrected chi connectivity index (χ3v) is 26.4. The number of β-amino-alcohol motifs (C(OH)–C–C–N with tert-alkyl or cyclic N) is 1. The summed E-state index contributed by atoms with van der Waals surface area (Å²) in [5.74, 6) is 9.85. The molecule has 14 rings (SSSR count). The molecule has 22 heteroatoms. The number of likely N-dealkylation sites (N-methyl/N-ethyl adjacent to an activating group) is 9. The molecule has 0 radical (unpaired) electrons. The summed E-state index contributed by atoms with van der Waals surface area (Å²) in [5.41, 5.74) is 3.06. The first kappa shape index (κ1) is 87.3. The number of likely N-dealkylation sites (tertiary alicyclic amines) is 6. The van der Waals surface area contributed by atoms with Crippen LogP contribution in [-0.2, 0) is 48.0 Å². The van der Waals surface area contributed by atoms with Gasteiger partial charge < -0.3 is 5.11 Å². The van der Waals surface area contributed by atoms with Crippen LogP contribution in [0.5, 0.6) is 0 Å². The Morgan fingerprint density at radius 1 is 0.412 bits per heavy atom. The van der Waals surface area contributed by atoms with Crippen LogP contribution >= 0.6 is 11.8 Å². The zero-order valence-electron chi connectivity index (χ0n) is 66.3. The van der Waals surface area contributed by atoms with E-state index in [0.29, 0.717) is 90.2 Å². The van der Waals surface area contributed by atoms with Gasteiger partial charge in [0.05, 0.1) is 67.1 Å². The summed E-state index contributed by atoms with van der Waals surface area (Å²) in [7, 11) is 18.0. The Hall–Kier alpha value is -3.62. The molecule has 0 bridgehead atoms. The number of hydrazine groups is 1. The van der Waals surface area contributed by atoms with E-state index < -0.39 is 0 Å². The lowest BCUT2D eigenvalue weighted by Gasteiger charge is -2.28. The molecule has 5 aliphatic carbocycles. The molecular formula is C80H138N10O11S. The molecule has 21 nitrogen and oxygen atoms in total. The van der Waals surface area contributed by atoms with Crippen LogP contribution < -0.4 is 5.43 Å². The number of fused-ring (bicyclic) bond motifs is 5. The number of Topliss-reactive ketones (excluding diaryl/α,β-unsaturated/α-hetero) is 9. The average Bonchev–Trinajstić information content (AvgIpc) is 1.80. The number of hydroxylamine groups is 2. The number of hydrogen-bond acceptors (Lipinski definition) is 22. The Labute approximate surface area is 619 Å². The first-order valence-corrected chi connectivity index (χ1v) is 40.3. The van der Waals surface area contributed by atoms with Crippen LogP contribution in [0.25, 0.3) is 0 Å². The molecule has 0 amide bonds. The predicted molar refractivity (Wildman–Crippen MR) is 408 cm³/mol. The smallest absolute Gasteiger partial charge is 0.149 e. The van der Waals surface area contributed by atoms with E-state index in [1.807, 2.05) is 42.8 Å². The monoisotopic (exact) mass is 1450 g/mol. The summed E-state index contributed by atoms with van der Waals surface area (Å²) < 4.78 is 0. The molecule has 20 atom stereocenters. The van der Waals surface area contributed by atoms with Gasteiger partial charge in [-0.2, -0.15) is 5.06 Å². The fourth-order valence-electron chi connectivity index (χ4n) is 19.7. The van der Waals surface area contributed by atoms with E-state index in [0.717, 1.165) is 87.0 Å². The van der Waals surface area contributed by atoms with E-state index in [4.69, 9.17) is 9.94 Å². The van der Waals surface area contributed by atoms with Crippen LogP contribution in [0.3, 0.4) is 0 Å². The van der Waals surface area contributed by atoms with Gasteiger partial charge in [0, 0.05) is 70.0 Å². The molecule has 12 fully saturated rings. The minimum Gasteiger partial charge on any atom is -0.392 e. The van der Waals surface area contributed by atoms with E-state index in [1.54, 1.807) is 74.4 Å². The SMILES string of the molecule is CC(=O)C1C2CCCC2CN1C.CC(=O)C1C2CCCCC2CN1C.CC(=O)C1CC(O)CN1C.CC(=O)C1CC2CC=CC2N1C.CC(=O)C1CC2CCC=CC2N1C.CC(=O)C1CC2CCCCCCC2N1C.CC(=O)C1CCNN1C.CC(=O)C1CCON1C.CC(=O)C1CSCN1C. The number of thioether (sulfide) groups is 1. The number of allylic oxidation sites excluding steroid dienone is 2. The van der Waals surface area contributed by atoms with Crippen molar-refractivity contribution in [3.05, 3.63) is 24.3 Å². The van der Waals surface area contributed by atoms with Crippen LogP contribution in [0.4, 0.5) is 0 Å². The lowest BCUT2D eigenvalue weighted by Crippen LogP contribution is -2.37. The fraction of sp³-hybridized carbons (Fsp3) is 0.838. The molecule has 0 spiro atoms. The summed E-state index contributed by atoms with van der Waals surface area (Å²) in [6.45, 7) is 19.6. The molecule has 9 saturated heterocycles. The maximum Gasteiger partial charge on any atom is 0.149 e. The van der Waals surface area contributed by atoms with Gasteiger partial charge in [-0.05, 0) is 249 Å². The lowest BCUT2D eigenvalue weighted by molar-refractivity contribution is -0.140. The summed E-state index contributed by atoms with van der Waals surface area (Å²) in [4.78, 5) is 120. The van der Waals surface area contributed by atoms with Gasteiger partial charge in [0.2, 0.25) is 0 Å². The minimum absolute atomic E-state index is 0.00463. The van der Waals surface area contributed by atoms with Crippen molar-refractivity contribution in [2.45, 2.75) is 282 Å². The highest BCUT2D eigenvalue weighted by Gasteiger charge is 2.47. The van der Waals surface area contributed by atoms with Gasteiger partial charge in [0.15, 0.2) is 0 Å². The van der Waals surface area contributed by atoms with Crippen molar-refractivity contribution in [2.75, 3.05) is 108 Å². The van der Waals surface area contributed by atoms with Crippen molar-refractivity contribution in [1.29, 1.82) is 0 Å². The average molecular weight is 1450 g/mol. The van der Waals surface area contributed by atoms with E-state index in [9.17, 15) is 43.2 Å². The normalized spacial score (nSPS) is 36.4. The first-order valence-electron chi connectivity index (χ1n) is 39.2. The third-order valence-electron chi connectivity index (χ3n) is 25.3. The van der Waals surface area contributed by atoms with Gasteiger partial charge in [-0.3, -0.25) is 87.7 Å². The summed E-state index contributed by atoms with van der Waals surface area (Å²) in [6.07, 6.45) is 35.4. The van der Waals surface area contributed by atoms with Crippen LogP contribution in [0, 0.1) is 41.4 Å². The number of carbonyl (C=O) groups excluding carboxylic acids is 9. The number of ketones is 9. The summed E-state index contributed by atoms with van der Waals surface area (Å²) >= 11 is 1.82. The number of aliphatic hydroxyl groups is 1. The van der Waals surface area contributed by atoms with Gasteiger partial charge >= 0.3 is 0 Å². The highest BCUT2D eigenvalue weighted by Crippen LogP contribution is 2.43. The van der Waals surface area contributed by atoms with Gasteiger partial charge in [0.1, 0.15) is 52.0 Å². The van der Waals surface area contributed by atoms with Gasteiger partial charge in [-0.25, -0.2) is 5.01 Å². The van der Waals surface area contributed by atoms with Gasteiger partial charge in [-0.1, -0.05) is 69.2 Å². The number of nitrogens with zero attached hydrogens (tertiary/aromatic N) is 9. The topological polar surface area (TPSA) is 224 Å². The number of nitrogens with one attached hydrogen (secondary N) is 1. The minimum atomic E-state index is -0.307. The van der Waals surface area contributed by atoms with E-state index >= 15 is 0 Å². The Kier molecular flexibility index (Phi) is 36.1. The summed E-state index contributed by atoms with van der Waals surface area (Å²) in [5, 5.41) is 12.6. The third kappa shape index (κ3) is 24.4. The second kappa shape index (κ2) is 42.2. The van der Waals surface area contributed by atoms with Crippen molar-refractivity contribution < 1.29 is 53.1 Å². The maximum absolute atomic E-state index is 11.5. The van der Waals surface area contributed by atoms with Crippen LogP contribution in [0.15, 0.2) is 24.3 Å². The second-order valence-electron chi connectivity index (χ2n) is 32.7. The Morgan fingerprint density at radius 2 is 0.882 bits per heavy atom. The molecule has 0 aromatic rings. The largest absolute Gasteiger partial charge is 0.392 e. The van der Waals surface area contributed by atoms with E-state index in [-0.39, 0.29) is 77.8 Å². The van der Waals surface area contributed by atoms with Crippen LogP contribution in [-0.4, -0.2) is 288 Å². The lowest BCUT2D eigenvalue weighted by atomic mass is 9.78. The van der Waals surface area contributed by atoms with Gasteiger partial charge in [0.25, 0.3) is 0 Å². The first-order chi connectivity index (χ1) is 48.2. The highest BCUT2D eigenvalue weighted by molar-refractivity contribution is 7.99. The van der Waals surface area contributed by atoms with Crippen molar-refractivity contribution in [3.63, 3.8) is 0 Å². The Bertz CT molecular complexity index is 2740. The molecule has 3 saturated carbocycles. The molecule has 0 aromatic heterocycles. The molecular weight excluding hydrogens is 1310 g/mol. The zero-order chi connectivity index (χ0) is 75.4. The fourth-order valence-corrected chi connectivity index (χ4v) is 21.0. The molecule has 2 N–H and O–H groups in total. The van der Waals surface area contributed by atoms with Crippen molar-refractivity contribution in [3.8, 4) is 0 Å². The summed E-state index contributed by atoms with van der Waals surface area (Å²) in [6, 6.07) is 3.10. The Morgan fingerprint density at radius 3 is 1.30 bits per heavy atom. The standard InChI is InChI=1S/C13H23NO.C11H19NO.C11H17NO.C10H17NO.C10H15NO.C7H13NO2.C6H12N2O.C6H11NO2.C6H11NOS/c1-10(15)13-9-11-7-5-3-4-6-8-12(11)14(13)2;1-8(13)11-10-6-4-3-5-9(10)7-12(11)2;1-8(13)11-7-9-5-3-4-6-10(9)12(11)2;1-7(12)10-9-5-3-4-8(9)6-11(10)2;1-7(12)10-6-8-4-3-5-9(8)11(10)2;1-5(9)7-3-6(10)4-8(7)2;1-5(9)6-3-4-7-8(6)2;1-5(8)6-3-4-9-7(6)2;1-5(8)6-3-9-4-7(6)2/h11-13H,3-9H2,1-2H3;9-11H,3-7H2,1-2H3;4,6,9-11H,3,5,7H2,1-2H3;8-10H,3-6H2,1-2H3;3,5,8-10H,4,6H2,1-2H3;6-7,10H,3-4H2,1-2H3;6-7H,3-4H2,1-2H3;2*6H,3-4H2,1-2H3. The van der Waals surface area contributed by atoms with Crippen LogP contribution in [0.1, 0.15) is 204 Å². The molecule has 9 heterocycles. The predicted octanol–water partition coefficient (Wildman–Crippen LogP) is 8.67. The van der Waals surface area contributed by atoms with Crippen LogP contribution in [0.2, 0.25) is 0 Å². The number of rotatable bonds is 9.